The van der Waals surface area contributed by atoms with Gasteiger partial charge in [-0.25, -0.2) is 14.5 Å². The van der Waals surface area contributed by atoms with Crippen LogP contribution in [0.5, 0.6) is 5.88 Å². The first-order valence-corrected chi connectivity index (χ1v) is 7.74. The molecule has 2 rings (SSSR count). The third kappa shape index (κ3) is 6.15. The zero-order valence-corrected chi connectivity index (χ0v) is 18.1. The molecule has 134 valence electrons. The van der Waals surface area contributed by atoms with Gasteiger partial charge >= 0.3 is 57.4 Å². The van der Waals surface area contributed by atoms with Crippen LogP contribution < -0.4 is 61.8 Å². The number of nitrogens with zero attached hydrogens (tertiary/aromatic N) is 3. The summed E-state index contributed by atoms with van der Waals surface area (Å²) >= 11 is 0. The molecule has 1 N–H and O–H groups in total. The fourth-order valence-electron chi connectivity index (χ4n) is 2.00. The number of amides is 1. The van der Waals surface area contributed by atoms with Crippen LogP contribution in [0.1, 0.15) is 34.1 Å². The summed E-state index contributed by atoms with van der Waals surface area (Å²) in [5.41, 5.74) is 0.213. The van der Waals surface area contributed by atoms with E-state index in [2.05, 4.69) is 15.4 Å². The minimum atomic E-state index is -0.731. The van der Waals surface area contributed by atoms with Crippen molar-refractivity contribution < 1.29 is 75.6 Å². The number of esters is 1. The molecule has 10 heteroatoms. The molecule has 0 aromatic carbocycles. The van der Waals surface area contributed by atoms with Crippen molar-refractivity contribution in [1.29, 1.82) is 0 Å². The monoisotopic (exact) mass is 386 g/mol. The van der Waals surface area contributed by atoms with Gasteiger partial charge in [0.2, 0.25) is 0 Å². The fraction of sp³-hybridized carbons (Fsp3) is 0.375. The molecule has 26 heavy (non-hydrogen) atoms. The van der Waals surface area contributed by atoms with E-state index in [4.69, 9.17) is 9.47 Å². The number of hydrogen-bond donors (Lipinski definition) is 1. The number of carbonyl (C=O) groups excluding carboxylic acids is 2. The van der Waals surface area contributed by atoms with Crippen molar-refractivity contribution in [3.63, 3.8) is 0 Å². The Morgan fingerprint density at radius 1 is 1.35 bits per heavy atom. The van der Waals surface area contributed by atoms with Crippen molar-refractivity contribution in [1.82, 2.24) is 20.1 Å². The molecule has 0 aliphatic carbocycles. The van der Waals surface area contributed by atoms with E-state index in [-0.39, 0.29) is 69.5 Å². The predicted octanol–water partition coefficient (Wildman–Crippen LogP) is -2.71. The average Bonchev–Trinajstić information content (AvgIpc) is 3.01. The van der Waals surface area contributed by atoms with Crippen molar-refractivity contribution in [2.24, 2.45) is 0 Å². The maximum atomic E-state index is 11.9. The van der Waals surface area contributed by atoms with Gasteiger partial charge in [-0.15, -0.1) is 0 Å². The summed E-state index contributed by atoms with van der Waals surface area (Å²) in [6.45, 7) is 2.87. The van der Waals surface area contributed by atoms with Crippen LogP contribution in [0.4, 0.5) is 0 Å². The van der Waals surface area contributed by atoms with Crippen molar-refractivity contribution in [2.45, 2.75) is 13.3 Å². The molecule has 0 spiro atoms. The summed E-state index contributed by atoms with van der Waals surface area (Å²) in [5.74, 6) is -1.37. The predicted molar refractivity (Wildman–Crippen MR) is 85.6 cm³/mol. The van der Waals surface area contributed by atoms with E-state index in [0.29, 0.717) is 31.0 Å². The van der Waals surface area contributed by atoms with Gasteiger partial charge in [0.05, 0.1) is 17.7 Å². The molecule has 0 fully saturated rings. The number of nitrogens with one attached hydrogen (secondary N) is 1. The van der Waals surface area contributed by atoms with Crippen molar-refractivity contribution in [3.05, 3.63) is 35.7 Å². The summed E-state index contributed by atoms with van der Waals surface area (Å²) in [6.07, 6.45) is 3.34. The zero-order chi connectivity index (χ0) is 18.2. The number of pyridine rings is 1. The van der Waals surface area contributed by atoms with E-state index in [1.54, 1.807) is 20.1 Å². The van der Waals surface area contributed by atoms with Gasteiger partial charge in [0.15, 0.2) is 5.82 Å². The quantitative estimate of drug-likeness (QED) is 0.298. The molecule has 0 saturated heterocycles. The van der Waals surface area contributed by atoms with Gasteiger partial charge in [0, 0.05) is 38.5 Å². The molecule has 0 radical (unpaired) electrons. The second-order valence-electron chi connectivity index (χ2n) is 5.02. The zero-order valence-electron chi connectivity index (χ0n) is 15.0. The van der Waals surface area contributed by atoms with E-state index < -0.39 is 11.8 Å². The van der Waals surface area contributed by atoms with E-state index in [0.717, 1.165) is 0 Å². The van der Waals surface area contributed by atoms with Crippen LogP contribution in [0.2, 0.25) is 0 Å². The molecule has 0 bridgehead atoms. The van der Waals surface area contributed by atoms with Crippen LogP contribution in [0.15, 0.2) is 24.5 Å². The molecule has 0 aliphatic rings. The van der Waals surface area contributed by atoms with Crippen LogP contribution in [-0.4, -0.2) is 53.5 Å². The molecule has 2 aromatic heterocycles. The van der Waals surface area contributed by atoms with Crippen molar-refractivity contribution >= 4 is 11.9 Å². The second-order valence-corrected chi connectivity index (χ2v) is 5.02. The SMILES string of the molecule is CCOC(=O)c1cn(-c2ccc(C(=O)NCCCOC)cn2)nc1[O-].[K+]. The third-order valence-corrected chi connectivity index (χ3v) is 3.23. The molecule has 0 unspecified atom stereocenters. The number of methoxy groups -OCH3 is 1. The number of hydrogen-bond acceptors (Lipinski definition) is 7. The smallest absolute Gasteiger partial charge is 0.857 e. The van der Waals surface area contributed by atoms with E-state index in [9.17, 15) is 14.7 Å². The molecular formula is C16H19KN4O5. The first-order chi connectivity index (χ1) is 12.1. The summed E-state index contributed by atoms with van der Waals surface area (Å²) < 4.78 is 10.9. The summed E-state index contributed by atoms with van der Waals surface area (Å²) in [5, 5.41) is 18.2. The molecule has 2 aromatic rings. The van der Waals surface area contributed by atoms with Gasteiger partial charge in [-0.2, -0.15) is 5.10 Å². The summed E-state index contributed by atoms with van der Waals surface area (Å²) in [4.78, 5) is 27.7. The maximum absolute atomic E-state index is 11.9. The largest absolute Gasteiger partial charge is 1.00 e. The standard InChI is InChI=1S/C16H20N4O5.K/c1-3-25-16(23)12-10-20(19-15(12)22)13-6-5-11(9-18-13)14(21)17-7-4-8-24-2;/h5-6,9-10H,3-4,7-8H2,1-2H3,(H,17,21)(H,19,22);/q;+1/p-1. The Labute approximate surface area is 193 Å². The van der Waals surface area contributed by atoms with Crippen LogP contribution >= 0.6 is 0 Å². The Balaban J connectivity index is 0.00000338. The van der Waals surface area contributed by atoms with Crippen molar-refractivity contribution in [2.75, 3.05) is 26.9 Å². The third-order valence-electron chi connectivity index (χ3n) is 3.23. The summed E-state index contributed by atoms with van der Waals surface area (Å²) in [7, 11) is 1.60. The van der Waals surface area contributed by atoms with E-state index >= 15 is 0 Å². The molecule has 2 heterocycles. The second kappa shape index (κ2) is 11.4. The number of aromatic nitrogens is 3. The van der Waals surface area contributed by atoms with Crippen LogP contribution in [0.3, 0.4) is 0 Å². The van der Waals surface area contributed by atoms with Gasteiger partial charge in [-0.1, -0.05) is 0 Å². The minimum absolute atomic E-state index is 0. The van der Waals surface area contributed by atoms with E-state index in [1.807, 2.05) is 0 Å². The topological polar surface area (TPSA) is 118 Å². The molecule has 1 amide bonds. The van der Waals surface area contributed by atoms with Crippen molar-refractivity contribution in [3.8, 4) is 11.7 Å². The molecule has 0 atom stereocenters. The Bertz CT molecular complexity index is 733. The Hall–Kier alpha value is -1.30. The molecule has 0 aliphatic heterocycles. The number of carbonyl (C=O) groups is 2. The van der Waals surface area contributed by atoms with Gasteiger partial charge < -0.3 is 19.9 Å². The van der Waals surface area contributed by atoms with E-state index in [1.165, 1.54) is 23.1 Å². The average molecular weight is 386 g/mol. The van der Waals surface area contributed by atoms with Crippen LogP contribution in [0, 0.1) is 0 Å². The number of rotatable bonds is 8. The molecular weight excluding hydrogens is 367 g/mol. The first kappa shape index (κ1) is 22.7. The molecule has 0 saturated carbocycles. The summed E-state index contributed by atoms with van der Waals surface area (Å²) in [6, 6.07) is 3.09. The van der Waals surface area contributed by atoms with Gasteiger partial charge in [0.1, 0.15) is 0 Å². The Kier molecular flexibility index (Phi) is 9.99. The fourth-order valence-corrected chi connectivity index (χ4v) is 2.00. The normalized spacial score (nSPS) is 10.1. The number of ether oxygens (including phenoxy) is 2. The first-order valence-electron chi connectivity index (χ1n) is 7.74. The van der Waals surface area contributed by atoms with Gasteiger partial charge in [0.25, 0.3) is 5.91 Å². The van der Waals surface area contributed by atoms with Crippen LogP contribution in [0.25, 0.3) is 5.82 Å². The van der Waals surface area contributed by atoms with Crippen LogP contribution in [-0.2, 0) is 9.47 Å². The minimum Gasteiger partial charge on any atom is -0.857 e. The van der Waals surface area contributed by atoms with Gasteiger partial charge in [-0.05, 0) is 25.5 Å². The Morgan fingerprint density at radius 2 is 2.12 bits per heavy atom. The maximum Gasteiger partial charge on any atom is 1.00 e. The Morgan fingerprint density at radius 3 is 2.73 bits per heavy atom. The van der Waals surface area contributed by atoms with Gasteiger partial charge in [-0.3, -0.25) is 4.79 Å². The molecule has 9 nitrogen and oxygen atoms in total.